The lowest BCUT2D eigenvalue weighted by atomic mass is 10.1. The molecule has 0 aliphatic rings. The molecule has 4 N–H and O–H groups in total. The van der Waals surface area contributed by atoms with Gasteiger partial charge >= 0.3 is 19.8 Å². The maximum absolute atomic E-state index is 12.6. The van der Waals surface area contributed by atoms with Gasteiger partial charge in [-0.25, -0.2) is 4.57 Å². The zero-order valence-electron chi connectivity index (χ0n) is 34.7. The maximum Gasteiger partial charge on any atom is 0.472 e. The molecule has 0 saturated carbocycles. The molecule has 0 radical (unpaired) electrons. The highest BCUT2D eigenvalue weighted by molar-refractivity contribution is 7.47. The second-order valence-electron chi connectivity index (χ2n) is 14.2. The number of hydrogen-bond donors (Lipinski definition) is 4. The highest BCUT2D eigenvalue weighted by Gasteiger charge is 2.27. The van der Waals surface area contributed by atoms with E-state index in [1.54, 1.807) is 0 Å². The number of aliphatic hydroxyl groups is 3. The molecular weight excluding hydrogens is 735 g/mol. The predicted octanol–water partition coefficient (Wildman–Crippen LogP) is 10.1. The normalized spacial score (nSPS) is 15.0. The van der Waals surface area contributed by atoms with Gasteiger partial charge in [-0.05, 0) is 83.5 Å². The first-order valence-corrected chi connectivity index (χ1v) is 22.8. The van der Waals surface area contributed by atoms with E-state index >= 15 is 0 Å². The SMILES string of the molecule is CCCCCCCC/C=C\CCCCCCCC(=O)O[C@H](COC(=O)CCC/C=C\C/C=C\C/C=C\C/C=C\CC[C@@H](O)CC)COP(=O)(O)OC[C@@H](O)CO. The van der Waals surface area contributed by atoms with Crippen molar-refractivity contribution in [1.82, 2.24) is 0 Å². The minimum atomic E-state index is -4.64. The molecule has 324 valence electrons. The van der Waals surface area contributed by atoms with Crippen LogP contribution in [0.1, 0.15) is 162 Å². The van der Waals surface area contributed by atoms with Crippen LogP contribution in [0.2, 0.25) is 0 Å². The lowest BCUT2D eigenvalue weighted by Gasteiger charge is -2.20. The summed E-state index contributed by atoms with van der Waals surface area (Å²) in [6, 6.07) is 0. The van der Waals surface area contributed by atoms with Crippen LogP contribution in [0.15, 0.2) is 60.8 Å². The van der Waals surface area contributed by atoms with Gasteiger partial charge in [0.25, 0.3) is 0 Å². The number of allylic oxidation sites excluding steroid dienone is 10. The van der Waals surface area contributed by atoms with Gasteiger partial charge in [0, 0.05) is 12.8 Å². The Balaban J connectivity index is 4.43. The molecular formula is C44H77O11P. The molecule has 0 bridgehead atoms. The first-order valence-electron chi connectivity index (χ1n) is 21.3. The Bertz CT molecular complexity index is 1130. The van der Waals surface area contributed by atoms with E-state index < -0.39 is 51.8 Å². The minimum absolute atomic E-state index is 0.149. The minimum Gasteiger partial charge on any atom is -0.462 e. The number of phosphoric acid groups is 1. The summed E-state index contributed by atoms with van der Waals surface area (Å²) in [5, 5.41) is 27.9. The van der Waals surface area contributed by atoms with Gasteiger partial charge in [-0.1, -0.05) is 126 Å². The zero-order chi connectivity index (χ0) is 41.4. The Kier molecular flexibility index (Phi) is 37.8. The highest BCUT2D eigenvalue weighted by atomic mass is 31.2. The lowest BCUT2D eigenvalue weighted by Crippen LogP contribution is -2.29. The average molecular weight is 813 g/mol. The number of unbranched alkanes of at least 4 members (excludes halogenated alkanes) is 12. The van der Waals surface area contributed by atoms with Crippen LogP contribution in [0.5, 0.6) is 0 Å². The number of carbonyl (C=O) groups is 2. The van der Waals surface area contributed by atoms with Gasteiger partial charge in [0.15, 0.2) is 6.10 Å². The quantitative estimate of drug-likeness (QED) is 0.0202. The molecule has 0 fully saturated rings. The van der Waals surface area contributed by atoms with Gasteiger partial charge in [-0.2, -0.15) is 0 Å². The number of esters is 2. The van der Waals surface area contributed by atoms with Crippen molar-refractivity contribution >= 4 is 19.8 Å². The first kappa shape index (κ1) is 53.6. The van der Waals surface area contributed by atoms with Crippen LogP contribution in [-0.2, 0) is 32.7 Å². The van der Waals surface area contributed by atoms with Crippen molar-refractivity contribution in [3.05, 3.63) is 60.8 Å². The van der Waals surface area contributed by atoms with Crippen molar-refractivity contribution in [3.63, 3.8) is 0 Å². The third-order valence-corrected chi connectivity index (χ3v) is 9.76. The first-order chi connectivity index (χ1) is 27.1. The number of rotatable bonds is 39. The Morgan fingerprint density at radius 2 is 1.05 bits per heavy atom. The molecule has 1 unspecified atom stereocenters. The van der Waals surface area contributed by atoms with Crippen LogP contribution in [-0.4, -0.2) is 76.9 Å². The molecule has 11 nitrogen and oxygen atoms in total. The maximum atomic E-state index is 12.6. The molecule has 0 aromatic carbocycles. The van der Waals surface area contributed by atoms with E-state index in [1.165, 1.54) is 38.5 Å². The fraction of sp³-hybridized carbons (Fsp3) is 0.727. The Morgan fingerprint density at radius 3 is 1.64 bits per heavy atom. The molecule has 0 aliphatic heterocycles. The fourth-order valence-corrected chi connectivity index (χ4v) is 6.10. The largest absolute Gasteiger partial charge is 0.472 e. The molecule has 0 heterocycles. The van der Waals surface area contributed by atoms with E-state index in [1.807, 2.05) is 19.1 Å². The topological polar surface area (TPSA) is 169 Å². The van der Waals surface area contributed by atoms with Crippen LogP contribution in [0.4, 0.5) is 0 Å². The molecule has 12 heteroatoms. The zero-order valence-corrected chi connectivity index (χ0v) is 35.6. The molecule has 0 amide bonds. The lowest BCUT2D eigenvalue weighted by molar-refractivity contribution is -0.161. The number of hydrogen-bond acceptors (Lipinski definition) is 10. The van der Waals surface area contributed by atoms with Crippen LogP contribution in [0, 0.1) is 0 Å². The van der Waals surface area contributed by atoms with E-state index in [-0.39, 0.29) is 25.6 Å². The molecule has 0 spiro atoms. The Morgan fingerprint density at radius 1 is 0.571 bits per heavy atom. The molecule has 0 aromatic rings. The second kappa shape index (κ2) is 39.5. The highest BCUT2D eigenvalue weighted by Crippen LogP contribution is 2.43. The van der Waals surface area contributed by atoms with E-state index in [4.69, 9.17) is 19.1 Å². The standard InChI is InChI=1S/C44H77O11P/c1-3-5-6-7-8-9-10-11-12-17-20-23-26-29-32-35-44(49)55-42(39-54-56(50,51)53-37-41(47)36-45)38-52-43(48)34-31-28-25-22-19-16-14-13-15-18-21-24-27-30-33-40(46)4-2/h11-12,14-16,18,22,24-25,27,40-42,45-47H,3-10,13,17,19-21,23,26,28-39H2,1-2H3,(H,50,51)/b12-11-,16-14-,18-15-,25-22-,27-24-/t40-,41-,42+/m0/s1. The summed E-state index contributed by atoms with van der Waals surface area (Å²) in [6.07, 6.45) is 39.9. The number of carbonyl (C=O) groups excluding carboxylic acids is 2. The summed E-state index contributed by atoms with van der Waals surface area (Å²) >= 11 is 0. The van der Waals surface area contributed by atoms with Crippen molar-refractivity contribution in [2.75, 3.05) is 26.4 Å². The van der Waals surface area contributed by atoms with Crippen LogP contribution >= 0.6 is 7.82 Å². The summed E-state index contributed by atoms with van der Waals surface area (Å²) in [7, 11) is -4.64. The van der Waals surface area contributed by atoms with Crippen molar-refractivity contribution in [1.29, 1.82) is 0 Å². The monoisotopic (exact) mass is 813 g/mol. The average Bonchev–Trinajstić information content (AvgIpc) is 3.19. The van der Waals surface area contributed by atoms with E-state index in [0.717, 1.165) is 77.0 Å². The summed E-state index contributed by atoms with van der Waals surface area (Å²) < 4.78 is 32.6. The third kappa shape index (κ3) is 38.5. The molecule has 0 aromatic heterocycles. The van der Waals surface area contributed by atoms with Crippen molar-refractivity contribution in [2.24, 2.45) is 0 Å². The van der Waals surface area contributed by atoms with Crippen LogP contribution in [0.25, 0.3) is 0 Å². The van der Waals surface area contributed by atoms with Crippen LogP contribution < -0.4 is 0 Å². The Hall–Kier alpha value is -2.37. The van der Waals surface area contributed by atoms with Gasteiger partial charge in [0.2, 0.25) is 0 Å². The van der Waals surface area contributed by atoms with E-state index in [9.17, 15) is 29.3 Å². The summed E-state index contributed by atoms with van der Waals surface area (Å²) in [6.45, 7) is 2.00. The number of ether oxygens (including phenoxy) is 2. The van der Waals surface area contributed by atoms with E-state index in [2.05, 4.69) is 60.1 Å². The summed E-state index contributed by atoms with van der Waals surface area (Å²) in [5.74, 6) is -1.02. The number of phosphoric ester groups is 1. The van der Waals surface area contributed by atoms with Crippen molar-refractivity contribution in [3.8, 4) is 0 Å². The smallest absolute Gasteiger partial charge is 0.462 e. The van der Waals surface area contributed by atoms with Gasteiger partial charge in [0.05, 0.1) is 25.9 Å². The number of aliphatic hydroxyl groups excluding tert-OH is 3. The molecule has 0 aliphatic carbocycles. The summed E-state index contributed by atoms with van der Waals surface area (Å²) in [5.41, 5.74) is 0. The third-order valence-electron chi connectivity index (χ3n) is 8.81. The van der Waals surface area contributed by atoms with Crippen LogP contribution in [0.3, 0.4) is 0 Å². The predicted molar refractivity (Wildman–Crippen MR) is 225 cm³/mol. The Labute approximate surface area is 338 Å². The van der Waals surface area contributed by atoms with E-state index in [0.29, 0.717) is 19.3 Å². The second-order valence-corrected chi connectivity index (χ2v) is 15.6. The van der Waals surface area contributed by atoms with Crippen molar-refractivity contribution in [2.45, 2.75) is 180 Å². The van der Waals surface area contributed by atoms with Gasteiger partial charge in [-0.15, -0.1) is 0 Å². The van der Waals surface area contributed by atoms with Gasteiger partial charge < -0.3 is 29.7 Å². The summed E-state index contributed by atoms with van der Waals surface area (Å²) in [4.78, 5) is 34.9. The molecule has 0 rings (SSSR count). The van der Waals surface area contributed by atoms with Gasteiger partial charge in [0.1, 0.15) is 12.7 Å². The fourth-order valence-electron chi connectivity index (χ4n) is 5.31. The van der Waals surface area contributed by atoms with Crippen molar-refractivity contribution < 1.29 is 52.9 Å². The molecule has 0 saturated heterocycles. The molecule has 4 atom stereocenters. The van der Waals surface area contributed by atoms with Gasteiger partial charge in [-0.3, -0.25) is 18.6 Å². The molecule has 56 heavy (non-hydrogen) atoms.